The van der Waals surface area contributed by atoms with Crippen LogP contribution in [0.1, 0.15) is 46.0 Å². The monoisotopic (exact) mass is 213 g/mol. The maximum atomic E-state index is 11.6. The first-order valence-corrected chi connectivity index (χ1v) is 6.05. The topological polar surface area (TPSA) is 49.3 Å². The van der Waals surface area contributed by atoms with Gasteiger partial charge in [0.1, 0.15) is 0 Å². The van der Waals surface area contributed by atoms with Crippen LogP contribution in [0.25, 0.3) is 0 Å². The molecule has 0 heterocycles. The molecular formula is C12H23NO2. The smallest absolute Gasteiger partial charge is 0.223 e. The number of amides is 1. The molecule has 0 spiro atoms. The Balaban J connectivity index is 2.15. The summed E-state index contributed by atoms with van der Waals surface area (Å²) in [6, 6.07) is 0. The van der Waals surface area contributed by atoms with Crippen LogP contribution in [0.15, 0.2) is 0 Å². The average molecular weight is 213 g/mol. The number of hydrogen-bond donors (Lipinski definition) is 2. The normalized spacial score (nSPS) is 19.5. The van der Waals surface area contributed by atoms with Crippen LogP contribution >= 0.6 is 0 Å². The minimum Gasteiger partial charge on any atom is -0.391 e. The molecule has 3 heteroatoms. The first-order chi connectivity index (χ1) is 7.09. The molecule has 0 bridgehead atoms. The molecule has 1 unspecified atom stereocenters. The Hall–Kier alpha value is -0.570. The van der Waals surface area contributed by atoms with E-state index in [0.29, 0.717) is 12.5 Å². The van der Waals surface area contributed by atoms with Gasteiger partial charge < -0.3 is 10.4 Å². The van der Waals surface area contributed by atoms with Gasteiger partial charge in [-0.05, 0) is 25.2 Å². The summed E-state index contributed by atoms with van der Waals surface area (Å²) in [6.07, 6.45) is 4.75. The molecule has 1 rings (SSSR count). The maximum Gasteiger partial charge on any atom is 0.223 e. The van der Waals surface area contributed by atoms with E-state index in [9.17, 15) is 9.90 Å². The Morgan fingerprint density at radius 2 is 2.00 bits per heavy atom. The lowest BCUT2D eigenvalue weighted by Crippen LogP contribution is -2.36. The Labute approximate surface area is 92.3 Å². The van der Waals surface area contributed by atoms with Crippen LogP contribution < -0.4 is 5.32 Å². The minimum absolute atomic E-state index is 0.135. The zero-order chi connectivity index (χ0) is 11.3. The molecule has 1 fully saturated rings. The van der Waals surface area contributed by atoms with Gasteiger partial charge in [0, 0.05) is 12.5 Å². The lowest BCUT2D eigenvalue weighted by atomic mass is 10.1. The predicted octanol–water partition coefficient (Wildman–Crippen LogP) is 1.70. The van der Waals surface area contributed by atoms with Crippen LogP contribution in [-0.2, 0) is 4.79 Å². The summed E-state index contributed by atoms with van der Waals surface area (Å²) in [5.41, 5.74) is 0. The van der Waals surface area contributed by atoms with Crippen molar-refractivity contribution in [2.45, 2.75) is 52.1 Å². The highest BCUT2D eigenvalue weighted by molar-refractivity contribution is 5.78. The van der Waals surface area contributed by atoms with E-state index in [-0.39, 0.29) is 11.8 Å². The van der Waals surface area contributed by atoms with E-state index in [2.05, 4.69) is 19.2 Å². The third-order valence-corrected chi connectivity index (χ3v) is 2.98. The third kappa shape index (κ3) is 4.65. The molecule has 1 aliphatic carbocycles. The van der Waals surface area contributed by atoms with Gasteiger partial charge in [-0.15, -0.1) is 0 Å². The molecule has 0 aliphatic heterocycles. The number of hydrogen-bond acceptors (Lipinski definition) is 2. The molecule has 1 atom stereocenters. The molecule has 2 N–H and O–H groups in total. The van der Waals surface area contributed by atoms with Crippen molar-refractivity contribution in [1.29, 1.82) is 0 Å². The van der Waals surface area contributed by atoms with E-state index in [1.54, 1.807) is 0 Å². The van der Waals surface area contributed by atoms with Gasteiger partial charge in [0.15, 0.2) is 0 Å². The lowest BCUT2D eigenvalue weighted by Gasteiger charge is -2.15. The van der Waals surface area contributed by atoms with Gasteiger partial charge in [0.25, 0.3) is 0 Å². The molecule has 0 aromatic rings. The van der Waals surface area contributed by atoms with Crippen molar-refractivity contribution < 1.29 is 9.90 Å². The van der Waals surface area contributed by atoms with Crippen molar-refractivity contribution in [3.63, 3.8) is 0 Å². The van der Waals surface area contributed by atoms with E-state index in [0.717, 1.165) is 19.3 Å². The van der Waals surface area contributed by atoms with Gasteiger partial charge in [0.05, 0.1) is 6.10 Å². The quantitative estimate of drug-likeness (QED) is 0.730. The van der Waals surface area contributed by atoms with Crippen LogP contribution in [0.3, 0.4) is 0 Å². The lowest BCUT2D eigenvalue weighted by molar-refractivity contribution is -0.125. The zero-order valence-electron chi connectivity index (χ0n) is 9.83. The number of carbonyl (C=O) groups is 1. The summed E-state index contributed by atoms with van der Waals surface area (Å²) in [5, 5.41) is 12.4. The summed E-state index contributed by atoms with van der Waals surface area (Å²) in [5.74, 6) is 0.815. The molecule has 1 saturated carbocycles. The van der Waals surface area contributed by atoms with Gasteiger partial charge in [-0.25, -0.2) is 0 Å². The minimum atomic E-state index is -0.393. The van der Waals surface area contributed by atoms with Crippen molar-refractivity contribution >= 4 is 5.91 Å². The fourth-order valence-corrected chi connectivity index (χ4v) is 2.18. The van der Waals surface area contributed by atoms with Crippen molar-refractivity contribution in [3.05, 3.63) is 0 Å². The number of nitrogens with one attached hydrogen (secondary N) is 1. The molecule has 0 aromatic heterocycles. The standard InChI is InChI=1S/C12H23NO2/c1-9(2)7-11(14)8-13-12(15)10-5-3-4-6-10/h9-11,14H,3-8H2,1-2H3,(H,13,15). The summed E-state index contributed by atoms with van der Waals surface area (Å²) < 4.78 is 0. The van der Waals surface area contributed by atoms with E-state index >= 15 is 0 Å². The third-order valence-electron chi connectivity index (χ3n) is 2.98. The molecule has 15 heavy (non-hydrogen) atoms. The van der Waals surface area contributed by atoms with Crippen LogP contribution in [0.4, 0.5) is 0 Å². The summed E-state index contributed by atoms with van der Waals surface area (Å²) >= 11 is 0. The SMILES string of the molecule is CC(C)CC(O)CNC(=O)C1CCCC1. The van der Waals surface area contributed by atoms with Gasteiger partial charge in [-0.2, -0.15) is 0 Å². The molecular weight excluding hydrogens is 190 g/mol. The second-order valence-corrected chi connectivity index (χ2v) is 5.01. The maximum absolute atomic E-state index is 11.6. The first-order valence-electron chi connectivity index (χ1n) is 6.05. The van der Waals surface area contributed by atoms with Gasteiger partial charge in [0.2, 0.25) is 5.91 Å². The predicted molar refractivity (Wildman–Crippen MR) is 60.4 cm³/mol. The van der Waals surface area contributed by atoms with Crippen molar-refractivity contribution in [2.75, 3.05) is 6.54 Å². The Bertz CT molecular complexity index is 198. The molecule has 0 radical (unpaired) electrons. The highest BCUT2D eigenvalue weighted by Crippen LogP contribution is 2.24. The number of aliphatic hydroxyl groups excluding tert-OH is 1. The van der Waals surface area contributed by atoms with E-state index in [1.165, 1.54) is 12.8 Å². The second kappa shape index (κ2) is 6.11. The largest absolute Gasteiger partial charge is 0.391 e. The van der Waals surface area contributed by atoms with Crippen molar-refractivity contribution in [3.8, 4) is 0 Å². The molecule has 0 saturated heterocycles. The van der Waals surface area contributed by atoms with Gasteiger partial charge in [-0.1, -0.05) is 26.7 Å². The number of aliphatic hydroxyl groups is 1. The van der Waals surface area contributed by atoms with Crippen LogP contribution in [0.5, 0.6) is 0 Å². The Morgan fingerprint density at radius 1 is 1.40 bits per heavy atom. The summed E-state index contributed by atoms with van der Waals surface area (Å²) in [4.78, 5) is 11.6. The number of rotatable bonds is 5. The zero-order valence-corrected chi connectivity index (χ0v) is 9.83. The van der Waals surface area contributed by atoms with Crippen molar-refractivity contribution in [1.82, 2.24) is 5.32 Å². The van der Waals surface area contributed by atoms with Crippen LogP contribution in [0, 0.1) is 11.8 Å². The van der Waals surface area contributed by atoms with Crippen molar-refractivity contribution in [2.24, 2.45) is 11.8 Å². The van der Waals surface area contributed by atoms with E-state index in [1.807, 2.05) is 0 Å². The first kappa shape index (κ1) is 12.5. The fourth-order valence-electron chi connectivity index (χ4n) is 2.18. The van der Waals surface area contributed by atoms with E-state index in [4.69, 9.17) is 0 Å². The molecule has 0 aromatic carbocycles. The fraction of sp³-hybridized carbons (Fsp3) is 0.917. The highest BCUT2D eigenvalue weighted by Gasteiger charge is 2.22. The number of carbonyl (C=O) groups excluding carboxylic acids is 1. The van der Waals surface area contributed by atoms with Gasteiger partial charge >= 0.3 is 0 Å². The van der Waals surface area contributed by atoms with Crippen LogP contribution in [-0.4, -0.2) is 23.7 Å². The molecule has 1 amide bonds. The average Bonchev–Trinajstić information content (AvgIpc) is 2.65. The van der Waals surface area contributed by atoms with Gasteiger partial charge in [-0.3, -0.25) is 4.79 Å². The molecule has 3 nitrogen and oxygen atoms in total. The molecule has 88 valence electrons. The molecule has 1 aliphatic rings. The van der Waals surface area contributed by atoms with Crippen LogP contribution in [0.2, 0.25) is 0 Å². The Morgan fingerprint density at radius 3 is 2.53 bits per heavy atom. The summed E-state index contributed by atoms with van der Waals surface area (Å²) in [6.45, 7) is 4.55. The highest BCUT2D eigenvalue weighted by atomic mass is 16.3. The van der Waals surface area contributed by atoms with E-state index < -0.39 is 6.10 Å². The Kier molecular flexibility index (Phi) is 5.09. The second-order valence-electron chi connectivity index (χ2n) is 5.01. The summed E-state index contributed by atoms with van der Waals surface area (Å²) in [7, 11) is 0.